The lowest BCUT2D eigenvalue weighted by atomic mass is 10.1. The Balaban J connectivity index is 1.83. The summed E-state index contributed by atoms with van der Waals surface area (Å²) in [6.07, 6.45) is -7.33. The molecule has 3 amide bonds. The molecule has 270 valence electrons. The van der Waals surface area contributed by atoms with Crippen LogP contribution in [0.5, 0.6) is 11.5 Å². The van der Waals surface area contributed by atoms with Gasteiger partial charge in [-0.1, -0.05) is 6.58 Å². The monoisotopic (exact) mass is 710 g/mol. The van der Waals surface area contributed by atoms with E-state index in [9.17, 15) is 35.9 Å². The van der Waals surface area contributed by atoms with Crippen LogP contribution in [0.1, 0.15) is 18.1 Å². The van der Waals surface area contributed by atoms with E-state index in [1.54, 1.807) is 12.1 Å². The molecule has 0 unspecified atom stereocenters. The summed E-state index contributed by atoms with van der Waals surface area (Å²) in [5, 5.41) is 5.72. The summed E-state index contributed by atoms with van der Waals surface area (Å²) in [5.41, 5.74) is -0.0867. The highest BCUT2D eigenvalue weighted by Gasteiger charge is 2.46. The molecule has 12 nitrogen and oxygen atoms in total. The van der Waals surface area contributed by atoms with Crippen molar-refractivity contribution in [3.8, 4) is 11.5 Å². The fourth-order valence-corrected chi connectivity index (χ4v) is 5.02. The van der Waals surface area contributed by atoms with Crippen molar-refractivity contribution in [2.75, 3.05) is 68.9 Å². The number of ether oxygens (including phenoxy) is 2. The van der Waals surface area contributed by atoms with E-state index < -0.39 is 48.2 Å². The summed E-state index contributed by atoms with van der Waals surface area (Å²) in [5.74, 6) is -1.19. The SMILES string of the molecule is C=CC(=O)Nc1cc(Nc2ncc3c(n2)N(c2ccc(C(F)(F)F)c(OC)c2)C(=O)N([C@@H](C)C(F)(F)F)C3)c(OC)cc1N(C)CCN(C)C. The van der Waals surface area contributed by atoms with Crippen LogP contribution in [0.15, 0.2) is 49.2 Å². The van der Waals surface area contributed by atoms with Gasteiger partial charge in [0.25, 0.3) is 0 Å². The standard InChI is InChI=1S/C32H36F6N8O4/c1-8-27(47)40-22-14-23(26(50-7)15-24(22)44(5)12-11-43(3)4)41-29-39-16-19-17-45(18(2)31(33,34)35)30(48)46(28(19)42-29)20-9-10-21(32(36,37)38)25(13-20)49-6/h8-10,13-16,18H,1,11-12,17H2,2-7H3,(H,40,47)(H,39,41,42)/t18-/m0/s1. The number of anilines is 6. The number of hydrogen-bond acceptors (Lipinski definition) is 9. The summed E-state index contributed by atoms with van der Waals surface area (Å²) in [6.45, 7) is 5.02. The molecule has 50 heavy (non-hydrogen) atoms. The van der Waals surface area contributed by atoms with Gasteiger partial charge in [-0.05, 0) is 45.3 Å². The van der Waals surface area contributed by atoms with Gasteiger partial charge in [-0.2, -0.15) is 31.3 Å². The van der Waals surface area contributed by atoms with Crippen LogP contribution in [0.2, 0.25) is 0 Å². The van der Waals surface area contributed by atoms with Crippen molar-refractivity contribution in [3.63, 3.8) is 0 Å². The predicted octanol–water partition coefficient (Wildman–Crippen LogP) is 6.40. The molecular formula is C32H36F6N8O4. The zero-order valence-corrected chi connectivity index (χ0v) is 28.0. The lowest BCUT2D eigenvalue weighted by Crippen LogP contribution is -2.53. The highest BCUT2D eigenvalue weighted by atomic mass is 19.4. The maximum absolute atomic E-state index is 13.8. The number of urea groups is 1. The average molecular weight is 711 g/mol. The Kier molecular flexibility index (Phi) is 11.0. The molecule has 4 rings (SSSR count). The molecule has 0 saturated carbocycles. The summed E-state index contributed by atoms with van der Waals surface area (Å²) >= 11 is 0. The van der Waals surface area contributed by atoms with Gasteiger partial charge in [0.05, 0.1) is 49.1 Å². The van der Waals surface area contributed by atoms with Gasteiger partial charge < -0.3 is 34.8 Å². The van der Waals surface area contributed by atoms with Crippen molar-refractivity contribution in [2.45, 2.75) is 31.9 Å². The van der Waals surface area contributed by atoms with Crippen molar-refractivity contribution < 1.29 is 45.4 Å². The molecule has 0 saturated heterocycles. The molecule has 0 fully saturated rings. The van der Waals surface area contributed by atoms with E-state index in [4.69, 9.17) is 9.47 Å². The fraction of sp³-hybridized carbons (Fsp3) is 0.375. The largest absolute Gasteiger partial charge is 0.496 e. The van der Waals surface area contributed by atoms with Crippen LogP contribution in [0, 0.1) is 0 Å². The van der Waals surface area contributed by atoms with Crippen LogP contribution >= 0.6 is 0 Å². The molecule has 0 aliphatic carbocycles. The van der Waals surface area contributed by atoms with Crippen molar-refractivity contribution in [1.29, 1.82) is 0 Å². The number of hydrogen-bond donors (Lipinski definition) is 2. The van der Waals surface area contributed by atoms with Gasteiger partial charge >= 0.3 is 18.4 Å². The van der Waals surface area contributed by atoms with Gasteiger partial charge in [0, 0.05) is 44.0 Å². The third kappa shape index (κ3) is 8.12. The van der Waals surface area contributed by atoms with E-state index in [1.807, 2.05) is 30.9 Å². The van der Waals surface area contributed by atoms with E-state index >= 15 is 0 Å². The molecule has 2 N–H and O–H groups in total. The van der Waals surface area contributed by atoms with Gasteiger partial charge in [0.1, 0.15) is 17.5 Å². The third-order valence-electron chi connectivity index (χ3n) is 7.82. The van der Waals surface area contributed by atoms with Crippen LogP contribution in [0.25, 0.3) is 0 Å². The highest BCUT2D eigenvalue weighted by Crippen LogP contribution is 2.43. The molecule has 2 aromatic carbocycles. The molecular weight excluding hydrogens is 674 g/mol. The molecule has 1 atom stereocenters. The first kappa shape index (κ1) is 37.6. The van der Waals surface area contributed by atoms with E-state index in [1.165, 1.54) is 13.3 Å². The molecule has 1 aliphatic heterocycles. The number of amides is 3. The Hall–Kier alpha value is -5.26. The zero-order valence-electron chi connectivity index (χ0n) is 28.0. The maximum Gasteiger partial charge on any atom is 0.419 e. The molecule has 3 aromatic rings. The number of halogens is 6. The average Bonchev–Trinajstić information content (AvgIpc) is 3.05. The first-order chi connectivity index (χ1) is 23.4. The Bertz CT molecular complexity index is 1750. The lowest BCUT2D eigenvalue weighted by Gasteiger charge is -2.39. The van der Waals surface area contributed by atoms with E-state index in [-0.39, 0.29) is 28.7 Å². The normalized spacial score (nSPS) is 13.9. The number of nitrogens with one attached hydrogen (secondary N) is 2. The summed E-state index contributed by atoms with van der Waals surface area (Å²) in [4.78, 5) is 39.9. The van der Waals surface area contributed by atoms with Crippen molar-refractivity contribution >= 4 is 46.5 Å². The summed E-state index contributed by atoms with van der Waals surface area (Å²) < 4.78 is 93.0. The predicted molar refractivity (Wildman–Crippen MR) is 176 cm³/mol. The summed E-state index contributed by atoms with van der Waals surface area (Å²) in [6, 6.07) is 2.26. The number of carbonyl (C=O) groups is 2. The number of aromatic nitrogens is 2. The van der Waals surface area contributed by atoms with Crippen LogP contribution in [0.3, 0.4) is 0 Å². The molecule has 1 aromatic heterocycles. The van der Waals surface area contributed by atoms with E-state index in [2.05, 4.69) is 27.2 Å². The number of likely N-dealkylation sites (N-methyl/N-ethyl adjacent to an activating group) is 2. The van der Waals surface area contributed by atoms with Crippen molar-refractivity contribution in [3.05, 3.63) is 60.3 Å². The second kappa shape index (κ2) is 14.7. The summed E-state index contributed by atoms with van der Waals surface area (Å²) in [7, 11) is 8.06. The van der Waals surface area contributed by atoms with E-state index in [0.717, 1.165) is 37.1 Å². The third-order valence-corrected chi connectivity index (χ3v) is 7.82. The second-order valence-corrected chi connectivity index (χ2v) is 11.5. The first-order valence-corrected chi connectivity index (χ1v) is 15.0. The van der Waals surface area contributed by atoms with Crippen LogP contribution in [-0.2, 0) is 17.5 Å². The quantitative estimate of drug-likeness (QED) is 0.163. The van der Waals surface area contributed by atoms with Gasteiger partial charge in [0.2, 0.25) is 11.9 Å². The first-order valence-electron chi connectivity index (χ1n) is 15.0. The Morgan fingerprint density at radius 3 is 2.30 bits per heavy atom. The molecule has 0 spiro atoms. The minimum absolute atomic E-state index is 0.0777. The molecule has 0 bridgehead atoms. The second-order valence-electron chi connectivity index (χ2n) is 11.5. The number of carbonyl (C=O) groups excluding carboxylic acids is 2. The maximum atomic E-state index is 13.8. The number of benzene rings is 2. The number of rotatable bonds is 12. The topological polar surface area (TPSA) is 115 Å². The van der Waals surface area contributed by atoms with Crippen molar-refractivity contribution in [2.24, 2.45) is 0 Å². The number of methoxy groups -OCH3 is 2. The zero-order chi connectivity index (χ0) is 37.1. The fourth-order valence-electron chi connectivity index (χ4n) is 5.02. The Morgan fingerprint density at radius 1 is 1.04 bits per heavy atom. The smallest absolute Gasteiger partial charge is 0.419 e. The van der Waals surface area contributed by atoms with Crippen LogP contribution in [-0.4, -0.2) is 92.4 Å². The molecule has 2 heterocycles. The highest BCUT2D eigenvalue weighted by molar-refractivity contribution is 6.03. The molecule has 0 radical (unpaired) electrons. The van der Waals surface area contributed by atoms with Gasteiger partial charge in [-0.25, -0.2) is 14.7 Å². The number of fused-ring (bicyclic) bond motifs is 1. The number of alkyl halides is 6. The van der Waals surface area contributed by atoms with Gasteiger partial charge in [0.15, 0.2) is 5.82 Å². The van der Waals surface area contributed by atoms with E-state index in [0.29, 0.717) is 41.2 Å². The van der Waals surface area contributed by atoms with Crippen molar-refractivity contribution in [1.82, 2.24) is 19.8 Å². The minimum atomic E-state index is -4.82. The minimum Gasteiger partial charge on any atom is -0.496 e. The van der Waals surface area contributed by atoms with Crippen LogP contribution in [0.4, 0.5) is 65.7 Å². The number of nitrogens with zero attached hydrogens (tertiary/aromatic N) is 6. The Labute approximate surface area is 284 Å². The molecule has 1 aliphatic rings. The van der Waals surface area contributed by atoms with Gasteiger partial charge in [-0.15, -0.1) is 0 Å². The molecule has 18 heteroatoms. The Morgan fingerprint density at radius 2 is 1.72 bits per heavy atom. The lowest BCUT2D eigenvalue weighted by molar-refractivity contribution is -0.172. The van der Waals surface area contributed by atoms with Gasteiger partial charge in [-0.3, -0.25) is 4.79 Å². The van der Waals surface area contributed by atoms with Crippen LogP contribution < -0.4 is 29.9 Å².